The van der Waals surface area contributed by atoms with E-state index in [1.165, 1.54) is 0 Å². The van der Waals surface area contributed by atoms with E-state index in [9.17, 15) is 4.79 Å². The van der Waals surface area contributed by atoms with Crippen LogP contribution in [0.1, 0.15) is 19.8 Å². The molecule has 0 aromatic rings. The van der Waals surface area contributed by atoms with E-state index in [-0.39, 0.29) is 12.1 Å². The molecule has 0 aliphatic rings. The van der Waals surface area contributed by atoms with Gasteiger partial charge in [-0.2, -0.15) is 0 Å². The van der Waals surface area contributed by atoms with Gasteiger partial charge < -0.3 is 13.9 Å². The van der Waals surface area contributed by atoms with Gasteiger partial charge in [0.15, 0.2) is 0 Å². The van der Waals surface area contributed by atoms with Gasteiger partial charge in [0.25, 0.3) is 0 Å². The van der Waals surface area contributed by atoms with Gasteiger partial charge in [-0.05, 0) is 13.3 Å². The Morgan fingerprint density at radius 1 is 1.47 bits per heavy atom. The van der Waals surface area contributed by atoms with Crippen molar-refractivity contribution in [2.45, 2.75) is 25.9 Å². The summed E-state index contributed by atoms with van der Waals surface area (Å²) in [6.45, 7) is 7.07. The second-order valence-electron chi connectivity index (χ2n) is 3.19. The molecule has 0 saturated carbocycles. The van der Waals surface area contributed by atoms with Crippen molar-refractivity contribution in [1.82, 2.24) is 0 Å². The molecule has 0 aliphatic heterocycles. The van der Waals surface area contributed by atoms with Gasteiger partial charge in [0, 0.05) is 19.1 Å². The van der Waals surface area contributed by atoms with E-state index in [0.717, 1.165) is 29.6 Å². The molecule has 0 aromatic carbocycles. The van der Waals surface area contributed by atoms with Crippen molar-refractivity contribution in [3.8, 4) is 0 Å². The highest BCUT2D eigenvalue weighted by Gasteiger charge is 2.01. The maximum Gasteiger partial charge on any atom is 0.330 e. The molecule has 4 nitrogen and oxygen atoms in total. The third kappa shape index (κ3) is 9.65. The average molecular weight is 232 g/mol. The Bertz CT molecular complexity index is 184. The lowest BCUT2D eigenvalue weighted by Crippen LogP contribution is -2.13. The van der Waals surface area contributed by atoms with E-state index in [2.05, 4.69) is 6.58 Å². The van der Waals surface area contributed by atoms with Gasteiger partial charge >= 0.3 is 5.97 Å². The van der Waals surface area contributed by atoms with Gasteiger partial charge in [0.05, 0.1) is 19.3 Å². The van der Waals surface area contributed by atoms with Crippen LogP contribution in [0, 0.1) is 0 Å². The minimum absolute atomic E-state index is 0.203. The zero-order valence-corrected chi connectivity index (χ0v) is 11.5. The minimum Gasteiger partial charge on any atom is -0.462 e. The van der Waals surface area contributed by atoms with E-state index in [4.69, 9.17) is 13.9 Å². The van der Waals surface area contributed by atoms with E-state index in [1.54, 1.807) is 0 Å². The van der Waals surface area contributed by atoms with Gasteiger partial charge in [-0.25, -0.2) is 4.79 Å². The number of esters is 1. The van der Waals surface area contributed by atoms with E-state index in [1.807, 2.05) is 6.92 Å². The van der Waals surface area contributed by atoms with Crippen LogP contribution in [0.5, 0.6) is 0 Å². The first-order valence-electron chi connectivity index (χ1n) is 5.10. The van der Waals surface area contributed by atoms with Crippen LogP contribution in [0.2, 0.25) is 0 Å². The van der Waals surface area contributed by atoms with Crippen molar-refractivity contribution >= 4 is 16.5 Å². The lowest BCUT2D eigenvalue weighted by Gasteiger charge is -2.12. The molecule has 0 bridgehead atoms. The average Bonchev–Trinajstić information content (AvgIpc) is 2.25. The van der Waals surface area contributed by atoms with Crippen molar-refractivity contribution in [3.05, 3.63) is 12.7 Å². The summed E-state index contributed by atoms with van der Waals surface area (Å²) >= 11 is 0. The molecule has 0 N–H and O–H groups in total. The first-order chi connectivity index (χ1) is 7.20. The highest BCUT2D eigenvalue weighted by Crippen LogP contribution is 1.98. The summed E-state index contributed by atoms with van der Waals surface area (Å²) in [7, 11) is 0.776. The molecule has 1 unspecified atom stereocenters. The minimum atomic E-state index is -0.382. The largest absolute Gasteiger partial charge is 0.462 e. The van der Waals surface area contributed by atoms with Crippen molar-refractivity contribution < 1.29 is 18.7 Å². The monoisotopic (exact) mass is 232 g/mol. The lowest BCUT2D eigenvalue weighted by molar-refractivity contribution is -0.138. The fourth-order valence-electron chi connectivity index (χ4n) is 0.942. The smallest absolute Gasteiger partial charge is 0.330 e. The molecule has 0 rings (SSSR count). The summed E-state index contributed by atoms with van der Waals surface area (Å²) in [5.74, 6) is -0.382. The summed E-state index contributed by atoms with van der Waals surface area (Å²) in [6.07, 6.45) is 2.99. The summed E-state index contributed by atoms with van der Waals surface area (Å²) in [6, 6.07) is 0. The molecule has 0 aromatic heterocycles. The summed E-state index contributed by atoms with van der Waals surface area (Å²) in [5.41, 5.74) is 0. The number of carbonyl (C=O) groups excluding carboxylic acids is 1. The molecule has 0 aliphatic carbocycles. The van der Waals surface area contributed by atoms with Crippen molar-refractivity contribution in [2.75, 3.05) is 19.8 Å². The number of hydrogen-bond donors (Lipinski definition) is 0. The van der Waals surface area contributed by atoms with Crippen molar-refractivity contribution in [2.24, 2.45) is 0 Å². The molecule has 0 heterocycles. The Morgan fingerprint density at radius 3 is 2.80 bits per heavy atom. The molecule has 0 fully saturated rings. The highest BCUT2D eigenvalue weighted by atomic mass is 28.2. The summed E-state index contributed by atoms with van der Waals surface area (Å²) in [4.78, 5) is 10.7. The Morgan fingerprint density at radius 2 is 2.20 bits per heavy atom. The summed E-state index contributed by atoms with van der Waals surface area (Å²) < 4.78 is 15.3. The number of rotatable bonds is 9. The normalized spacial score (nSPS) is 12.3. The van der Waals surface area contributed by atoms with Gasteiger partial charge in [-0.1, -0.05) is 6.58 Å². The van der Waals surface area contributed by atoms with E-state index >= 15 is 0 Å². The third-order valence-electron chi connectivity index (χ3n) is 1.83. The SMILES string of the molecule is C=CC(=O)OCCCOC(C)CCO[SiH3]. The molecular formula is C10H20O4Si. The maximum atomic E-state index is 10.7. The Balaban J connectivity index is 3.22. The molecule has 88 valence electrons. The molecule has 0 spiro atoms. The zero-order valence-electron chi connectivity index (χ0n) is 9.53. The lowest BCUT2D eigenvalue weighted by atomic mass is 10.3. The Labute approximate surface area is 94.1 Å². The Hall–Kier alpha value is -0.653. The van der Waals surface area contributed by atoms with E-state index in [0.29, 0.717) is 19.6 Å². The second kappa shape index (κ2) is 9.89. The number of carbonyl (C=O) groups is 1. The molecule has 15 heavy (non-hydrogen) atoms. The van der Waals surface area contributed by atoms with E-state index < -0.39 is 0 Å². The molecule has 1 atom stereocenters. The second-order valence-corrected chi connectivity index (χ2v) is 3.77. The number of ether oxygens (including phenoxy) is 2. The van der Waals surface area contributed by atoms with Crippen LogP contribution < -0.4 is 0 Å². The van der Waals surface area contributed by atoms with Crippen LogP contribution in [0.15, 0.2) is 12.7 Å². The van der Waals surface area contributed by atoms with Gasteiger partial charge in [-0.3, -0.25) is 0 Å². The Kier molecular flexibility index (Phi) is 9.45. The fraction of sp³-hybridized carbons (Fsp3) is 0.700. The van der Waals surface area contributed by atoms with Crippen LogP contribution in [-0.4, -0.2) is 42.4 Å². The first-order valence-corrected chi connectivity index (χ1v) is 5.92. The fourth-order valence-corrected chi connectivity index (χ4v) is 1.18. The predicted molar refractivity (Wildman–Crippen MR) is 61.7 cm³/mol. The van der Waals surface area contributed by atoms with Gasteiger partial charge in [0.1, 0.15) is 10.5 Å². The molecular weight excluding hydrogens is 212 g/mol. The van der Waals surface area contributed by atoms with Gasteiger partial charge in [-0.15, -0.1) is 0 Å². The zero-order chi connectivity index (χ0) is 11.5. The van der Waals surface area contributed by atoms with Crippen molar-refractivity contribution in [1.29, 1.82) is 0 Å². The molecule has 0 radical (unpaired) electrons. The highest BCUT2D eigenvalue weighted by molar-refractivity contribution is 5.97. The van der Waals surface area contributed by atoms with Gasteiger partial charge in [0.2, 0.25) is 0 Å². The molecule has 5 heteroatoms. The van der Waals surface area contributed by atoms with Crippen LogP contribution in [-0.2, 0) is 18.7 Å². The first kappa shape index (κ1) is 14.3. The summed E-state index contributed by atoms with van der Waals surface area (Å²) in [5, 5.41) is 0. The van der Waals surface area contributed by atoms with Crippen LogP contribution in [0.3, 0.4) is 0 Å². The van der Waals surface area contributed by atoms with Crippen LogP contribution in [0.25, 0.3) is 0 Å². The molecule has 0 amide bonds. The maximum absolute atomic E-state index is 10.7. The topological polar surface area (TPSA) is 44.8 Å². The predicted octanol–water partition coefficient (Wildman–Crippen LogP) is 0.198. The quantitative estimate of drug-likeness (QED) is 0.246. The molecule has 0 saturated heterocycles. The standard InChI is InChI=1S/C10H20O4Si/c1-3-10(11)13-7-4-6-12-9(2)5-8-14-15/h3,9H,1,4-8H2,2,15H3. The van der Waals surface area contributed by atoms with Crippen LogP contribution in [0.4, 0.5) is 0 Å². The third-order valence-corrected chi connectivity index (χ3v) is 2.24. The number of hydrogen-bond acceptors (Lipinski definition) is 4. The van der Waals surface area contributed by atoms with Crippen LogP contribution >= 0.6 is 0 Å². The van der Waals surface area contributed by atoms with Crippen molar-refractivity contribution in [3.63, 3.8) is 0 Å².